The molecule has 0 aromatic carbocycles. The van der Waals surface area contributed by atoms with Crippen LogP contribution in [0.4, 0.5) is 0 Å². The molecule has 1 saturated carbocycles. The van der Waals surface area contributed by atoms with Gasteiger partial charge in [-0.15, -0.1) is 0 Å². The van der Waals surface area contributed by atoms with Crippen molar-refractivity contribution in [3.63, 3.8) is 0 Å². The highest BCUT2D eigenvalue weighted by molar-refractivity contribution is 5.85. The largest absolute Gasteiger partial charge is 0.452 e. The minimum absolute atomic E-state index is 0.142. The van der Waals surface area contributed by atoms with Crippen LogP contribution in [0.5, 0.6) is 0 Å². The number of hydrogen-bond acceptors (Lipinski definition) is 2. The van der Waals surface area contributed by atoms with E-state index in [1.165, 1.54) is 57.8 Å². The minimum atomic E-state index is -0.240. The lowest BCUT2D eigenvalue weighted by molar-refractivity contribution is -0.146. The summed E-state index contributed by atoms with van der Waals surface area (Å²) < 4.78 is 5.54. The zero-order chi connectivity index (χ0) is 12.0. The first-order valence-corrected chi connectivity index (χ1v) is 7.23. The molecule has 1 aliphatic carbocycles. The number of ether oxygens (including phenoxy) is 1. The summed E-state index contributed by atoms with van der Waals surface area (Å²) in [6.07, 6.45) is 17.5. The van der Waals surface area contributed by atoms with Crippen LogP contribution in [-0.2, 0) is 9.53 Å². The monoisotopic (exact) mass is 236 g/mol. The van der Waals surface area contributed by atoms with E-state index >= 15 is 0 Å². The van der Waals surface area contributed by atoms with Crippen molar-refractivity contribution in [3.05, 3.63) is 12.2 Å². The minimum Gasteiger partial charge on any atom is -0.452 e. The Hall–Kier alpha value is -0.790. The Morgan fingerprint density at radius 3 is 1.71 bits per heavy atom. The van der Waals surface area contributed by atoms with E-state index in [0.29, 0.717) is 0 Å². The van der Waals surface area contributed by atoms with Crippen LogP contribution >= 0.6 is 0 Å². The number of hydrogen-bond donors (Lipinski definition) is 0. The molecule has 0 saturated heterocycles. The van der Waals surface area contributed by atoms with Gasteiger partial charge in [0, 0.05) is 6.08 Å². The van der Waals surface area contributed by atoms with Gasteiger partial charge in [0.1, 0.15) is 5.60 Å². The summed E-state index contributed by atoms with van der Waals surface area (Å²) >= 11 is 0. The van der Waals surface area contributed by atoms with Gasteiger partial charge in [-0.3, -0.25) is 0 Å². The van der Waals surface area contributed by atoms with E-state index in [1.807, 2.05) is 6.08 Å². The predicted octanol–water partition coefficient (Wildman–Crippen LogP) is 4.14. The first-order chi connectivity index (χ1) is 8.31. The van der Waals surface area contributed by atoms with Crippen LogP contribution in [0.25, 0.3) is 0 Å². The van der Waals surface area contributed by atoms with Crippen LogP contribution in [-0.4, -0.2) is 11.6 Å². The smallest absolute Gasteiger partial charge is 0.331 e. The fourth-order valence-corrected chi connectivity index (χ4v) is 2.97. The lowest BCUT2D eigenvalue weighted by atomic mass is 9.89. The van der Waals surface area contributed by atoms with Gasteiger partial charge in [-0.1, -0.05) is 44.9 Å². The van der Waals surface area contributed by atoms with E-state index in [0.717, 1.165) is 12.8 Å². The van der Waals surface area contributed by atoms with E-state index in [2.05, 4.69) is 0 Å². The molecule has 96 valence electrons. The molecule has 0 bridgehead atoms. The Balaban J connectivity index is 1.89. The Morgan fingerprint density at radius 2 is 1.29 bits per heavy atom. The van der Waals surface area contributed by atoms with Gasteiger partial charge in [-0.25, -0.2) is 4.79 Å². The molecule has 0 amide bonds. The normalized spacial score (nSPS) is 26.2. The summed E-state index contributed by atoms with van der Waals surface area (Å²) in [5, 5.41) is 0. The van der Waals surface area contributed by atoms with Gasteiger partial charge in [0.05, 0.1) is 0 Å². The summed E-state index contributed by atoms with van der Waals surface area (Å²) in [5.41, 5.74) is -0.240. The van der Waals surface area contributed by atoms with Crippen LogP contribution in [0.1, 0.15) is 70.6 Å². The second-order valence-corrected chi connectivity index (χ2v) is 5.50. The SMILES string of the molecule is O=C1C=CC2(CCCCCCCCCCC2)O1. The molecule has 0 aromatic heterocycles. The molecular weight excluding hydrogens is 212 g/mol. The summed E-state index contributed by atoms with van der Waals surface area (Å²) in [6, 6.07) is 0. The van der Waals surface area contributed by atoms with Crippen LogP contribution in [0.15, 0.2) is 12.2 Å². The Bertz CT molecular complexity index is 269. The Kier molecular flexibility index (Phi) is 4.64. The molecule has 0 N–H and O–H groups in total. The van der Waals surface area contributed by atoms with E-state index in [1.54, 1.807) is 6.08 Å². The zero-order valence-corrected chi connectivity index (χ0v) is 10.7. The van der Waals surface area contributed by atoms with E-state index in [9.17, 15) is 4.79 Å². The average molecular weight is 236 g/mol. The number of carbonyl (C=O) groups excluding carboxylic acids is 1. The van der Waals surface area contributed by atoms with Gasteiger partial charge in [-0.2, -0.15) is 0 Å². The lowest BCUT2D eigenvalue weighted by Crippen LogP contribution is -2.28. The molecule has 1 fully saturated rings. The van der Waals surface area contributed by atoms with Crippen molar-refractivity contribution < 1.29 is 9.53 Å². The highest BCUT2D eigenvalue weighted by atomic mass is 16.6. The molecule has 1 heterocycles. The second-order valence-electron chi connectivity index (χ2n) is 5.50. The highest BCUT2D eigenvalue weighted by Gasteiger charge is 2.34. The average Bonchev–Trinajstić information content (AvgIpc) is 2.66. The number of esters is 1. The van der Waals surface area contributed by atoms with Gasteiger partial charge in [0.25, 0.3) is 0 Å². The van der Waals surface area contributed by atoms with Gasteiger partial charge in [-0.05, 0) is 31.8 Å². The maximum Gasteiger partial charge on any atom is 0.331 e. The first kappa shape index (κ1) is 12.7. The second kappa shape index (κ2) is 6.23. The van der Waals surface area contributed by atoms with Crippen molar-refractivity contribution in [1.82, 2.24) is 0 Å². The standard InChI is InChI=1S/C15H24O2/c16-14-10-13-15(17-14)11-8-6-4-2-1-3-5-7-9-12-15/h10,13H,1-9,11-12H2. The van der Waals surface area contributed by atoms with Gasteiger partial charge in [0.2, 0.25) is 0 Å². The molecule has 0 aromatic rings. The lowest BCUT2D eigenvalue weighted by Gasteiger charge is -2.27. The summed E-state index contributed by atoms with van der Waals surface area (Å²) in [5.74, 6) is -0.142. The van der Waals surface area contributed by atoms with E-state index < -0.39 is 0 Å². The topological polar surface area (TPSA) is 26.3 Å². The first-order valence-electron chi connectivity index (χ1n) is 7.23. The quantitative estimate of drug-likeness (QED) is 0.591. The molecule has 0 atom stereocenters. The van der Waals surface area contributed by atoms with Crippen LogP contribution in [0.2, 0.25) is 0 Å². The van der Waals surface area contributed by atoms with Gasteiger partial charge < -0.3 is 4.74 Å². The van der Waals surface area contributed by atoms with Crippen molar-refractivity contribution >= 4 is 5.97 Å². The zero-order valence-electron chi connectivity index (χ0n) is 10.7. The van der Waals surface area contributed by atoms with Crippen LogP contribution < -0.4 is 0 Å². The maximum atomic E-state index is 11.3. The summed E-state index contributed by atoms with van der Waals surface area (Å²) in [6.45, 7) is 0. The molecular formula is C15H24O2. The highest BCUT2D eigenvalue weighted by Crippen LogP contribution is 2.32. The molecule has 2 aliphatic rings. The van der Waals surface area contributed by atoms with Crippen LogP contribution in [0.3, 0.4) is 0 Å². The van der Waals surface area contributed by atoms with Crippen molar-refractivity contribution in [2.75, 3.05) is 0 Å². The molecule has 2 nitrogen and oxygen atoms in total. The fraction of sp³-hybridized carbons (Fsp3) is 0.800. The van der Waals surface area contributed by atoms with Crippen molar-refractivity contribution in [2.24, 2.45) is 0 Å². The summed E-state index contributed by atoms with van der Waals surface area (Å²) in [4.78, 5) is 11.3. The number of carbonyl (C=O) groups is 1. The molecule has 1 spiro atoms. The molecule has 2 rings (SSSR count). The van der Waals surface area contributed by atoms with Crippen molar-refractivity contribution in [2.45, 2.75) is 76.2 Å². The van der Waals surface area contributed by atoms with Crippen molar-refractivity contribution in [1.29, 1.82) is 0 Å². The third-order valence-electron chi connectivity index (χ3n) is 4.03. The van der Waals surface area contributed by atoms with Gasteiger partial charge >= 0.3 is 5.97 Å². The van der Waals surface area contributed by atoms with Crippen molar-refractivity contribution in [3.8, 4) is 0 Å². The molecule has 2 heteroatoms. The van der Waals surface area contributed by atoms with Crippen LogP contribution in [0, 0.1) is 0 Å². The summed E-state index contributed by atoms with van der Waals surface area (Å²) in [7, 11) is 0. The fourth-order valence-electron chi connectivity index (χ4n) is 2.97. The number of rotatable bonds is 0. The Morgan fingerprint density at radius 1 is 0.824 bits per heavy atom. The molecule has 0 radical (unpaired) electrons. The molecule has 0 unspecified atom stereocenters. The predicted molar refractivity (Wildman–Crippen MR) is 68.8 cm³/mol. The van der Waals surface area contributed by atoms with Gasteiger partial charge in [0.15, 0.2) is 0 Å². The molecule has 1 aliphatic heterocycles. The van der Waals surface area contributed by atoms with E-state index in [4.69, 9.17) is 4.74 Å². The van der Waals surface area contributed by atoms with E-state index in [-0.39, 0.29) is 11.6 Å². The molecule has 17 heavy (non-hydrogen) atoms. The third-order valence-corrected chi connectivity index (χ3v) is 4.03. The third kappa shape index (κ3) is 3.86. The maximum absolute atomic E-state index is 11.3. The Labute approximate surface area is 104 Å².